The van der Waals surface area contributed by atoms with Crippen molar-refractivity contribution in [2.45, 2.75) is 13.0 Å². The summed E-state index contributed by atoms with van der Waals surface area (Å²) in [6, 6.07) is 15.6. The van der Waals surface area contributed by atoms with Crippen LogP contribution in [0.2, 0.25) is 0 Å². The average molecular weight is 396 g/mol. The number of nitrogens with zero attached hydrogens (tertiary/aromatic N) is 2. The summed E-state index contributed by atoms with van der Waals surface area (Å²) in [4.78, 5) is 27.0. The van der Waals surface area contributed by atoms with Crippen LogP contribution in [0, 0.1) is 12.7 Å². The predicted molar refractivity (Wildman–Crippen MR) is 107 cm³/mol. The molecule has 0 radical (unpaired) electrons. The normalized spacial score (nSPS) is 11.9. The fourth-order valence-corrected chi connectivity index (χ4v) is 2.95. The highest BCUT2D eigenvalue weighted by Gasteiger charge is 2.27. The van der Waals surface area contributed by atoms with Gasteiger partial charge in [0.05, 0.1) is 6.54 Å². The van der Waals surface area contributed by atoms with Gasteiger partial charge in [-0.15, -0.1) is 0 Å². The molecule has 3 rings (SSSR count). The fraction of sp³-hybridized carbons (Fsp3) is 0.190. The third kappa shape index (κ3) is 5.49. The lowest BCUT2D eigenvalue weighted by Crippen LogP contribution is -2.39. The summed E-state index contributed by atoms with van der Waals surface area (Å²) in [6.07, 6.45) is 0. The van der Waals surface area contributed by atoms with Gasteiger partial charge in [0.25, 0.3) is 0 Å². The van der Waals surface area contributed by atoms with E-state index in [0.29, 0.717) is 22.8 Å². The lowest BCUT2D eigenvalue weighted by molar-refractivity contribution is -0.123. The molecule has 0 aliphatic rings. The van der Waals surface area contributed by atoms with Gasteiger partial charge in [-0.1, -0.05) is 41.6 Å². The molecule has 0 aliphatic heterocycles. The van der Waals surface area contributed by atoms with Crippen LogP contribution in [0.15, 0.2) is 65.2 Å². The van der Waals surface area contributed by atoms with E-state index < -0.39 is 11.9 Å². The number of carbonyl (C=O) groups is 2. The van der Waals surface area contributed by atoms with E-state index in [-0.39, 0.29) is 18.4 Å². The van der Waals surface area contributed by atoms with Crippen LogP contribution in [0.1, 0.15) is 17.4 Å². The number of anilines is 2. The fourth-order valence-electron chi connectivity index (χ4n) is 2.95. The Balaban J connectivity index is 1.74. The van der Waals surface area contributed by atoms with Gasteiger partial charge in [0.1, 0.15) is 17.6 Å². The molecule has 1 heterocycles. The quantitative estimate of drug-likeness (QED) is 0.639. The number of likely N-dealkylation sites (N-methyl/N-ethyl adjacent to an activating group) is 1. The maximum absolute atomic E-state index is 13.3. The molecule has 8 heteroatoms. The monoisotopic (exact) mass is 396 g/mol. The lowest BCUT2D eigenvalue weighted by Gasteiger charge is -2.26. The standard InChI is InChI=1S/C21H21FN4O3/c1-14-11-18(25-29-14)24-21(28)20(15-7-4-3-5-8-15)26(2)13-19(27)23-17-10-6-9-16(22)12-17/h3-12,20H,13H2,1-2H3,(H,23,27)(H,24,25,28)/t20-/m0/s1. The first-order valence-corrected chi connectivity index (χ1v) is 8.97. The van der Waals surface area contributed by atoms with Crippen LogP contribution in [-0.4, -0.2) is 35.5 Å². The van der Waals surface area contributed by atoms with Crippen LogP contribution < -0.4 is 10.6 Å². The minimum absolute atomic E-state index is 0.0820. The lowest BCUT2D eigenvalue weighted by atomic mass is 10.0. The molecule has 3 aromatic rings. The van der Waals surface area contributed by atoms with Gasteiger partial charge in [-0.2, -0.15) is 0 Å². The number of amides is 2. The Morgan fingerprint density at radius 2 is 1.86 bits per heavy atom. The van der Waals surface area contributed by atoms with Gasteiger partial charge in [-0.3, -0.25) is 14.5 Å². The first-order valence-electron chi connectivity index (χ1n) is 8.97. The van der Waals surface area contributed by atoms with Gasteiger partial charge in [0, 0.05) is 11.8 Å². The predicted octanol–water partition coefficient (Wildman–Crippen LogP) is 3.37. The minimum atomic E-state index is -0.744. The van der Waals surface area contributed by atoms with Crippen molar-refractivity contribution < 1.29 is 18.5 Å². The molecule has 7 nitrogen and oxygen atoms in total. The number of halogens is 1. The Bertz CT molecular complexity index is 990. The van der Waals surface area contributed by atoms with Crippen molar-refractivity contribution in [3.63, 3.8) is 0 Å². The van der Waals surface area contributed by atoms with E-state index in [9.17, 15) is 14.0 Å². The second-order valence-corrected chi connectivity index (χ2v) is 6.60. The van der Waals surface area contributed by atoms with Crippen molar-refractivity contribution in [3.05, 3.63) is 77.8 Å². The van der Waals surface area contributed by atoms with Crippen LogP contribution in [0.5, 0.6) is 0 Å². The zero-order chi connectivity index (χ0) is 20.8. The largest absolute Gasteiger partial charge is 0.360 e. The molecule has 0 unspecified atom stereocenters. The Morgan fingerprint density at radius 1 is 1.10 bits per heavy atom. The molecule has 0 saturated heterocycles. The number of nitrogens with one attached hydrogen (secondary N) is 2. The summed E-state index contributed by atoms with van der Waals surface area (Å²) in [5.41, 5.74) is 1.06. The van der Waals surface area contributed by atoms with Gasteiger partial charge in [0.15, 0.2) is 5.82 Å². The number of benzene rings is 2. The molecule has 1 aromatic heterocycles. The zero-order valence-electron chi connectivity index (χ0n) is 16.1. The number of rotatable bonds is 7. The number of aromatic nitrogens is 1. The van der Waals surface area contributed by atoms with E-state index in [4.69, 9.17) is 4.52 Å². The van der Waals surface area contributed by atoms with Crippen LogP contribution in [0.4, 0.5) is 15.9 Å². The summed E-state index contributed by atoms with van der Waals surface area (Å²) in [6.45, 7) is 1.64. The smallest absolute Gasteiger partial charge is 0.247 e. The van der Waals surface area contributed by atoms with Gasteiger partial charge in [0.2, 0.25) is 11.8 Å². The van der Waals surface area contributed by atoms with E-state index in [1.54, 1.807) is 43.1 Å². The Kier molecular flexibility index (Phi) is 6.36. The third-order valence-electron chi connectivity index (χ3n) is 4.19. The Hall–Kier alpha value is -3.52. The first-order chi connectivity index (χ1) is 13.9. The van der Waals surface area contributed by atoms with Crippen LogP contribution >= 0.6 is 0 Å². The van der Waals surface area contributed by atoms with Crippen molar-refractivity contribution in [1.82, 2.24) is 10.1 Å². The highest BCUT2D eigenvalue weighted by Crippen LogP contribution is 2.22. The van der Waals surface area contributed by atoms with Gasteiger partial charge < -0.3 is 15.2 Å². The van der Waals surface area contributed by atoms with Crippen molar-refractivity contribution in [1.29, 1.82) is 0 Å². The molecule has 2 aromatic carbocycles. The van der Waals surface area contributed by atoms with Crippen LogP contribution in [0.25, 0.3) is 0 Å². The Labute approximate surface area is 167 Å². The maximum Gasteiger partial charge on any atom is 0.247 e. The number of aryl methyl sites for hydroxylation is 1. The zero-order valence-corrected chi connectivity index (χ0v) is 16.1. The van der Waals surface area contributed by atoms with Gasteiger partial charge in [-0.25, -0.2) is 4.39 Å². The van der Waals surface area contributed by atoms with E-state index in [1.165, 1.54) is 18.2 Å². The van der Waals surface area contributed by atoms with E-state index >= 15 is 0 Å². The molecule has 150 valence electrons. The van der Waals surface area contributed by atoms with Crippen LogP contribution in [-0.2, 0) is 9.59 Å². The SMILES string of the molecule is Cc1cc(NC(=O)[C@H](c2ccccc2)N(C)CC(=O)Nc2cccc(F)c2)no1. The molecular formula is C21H21FN4O3. The summed E-state index contributed by atoms with van der Waals surface area (Å²) >= 11 is 0. The number of hydrogen-bond acceptors (Lipinski definition) is 5. The number of hydrogen-bond donors (Lipinski definition) is 2. The molecule has 2 amide bonds. The molecular weight excluding hydrogens is 375 g/mol. The molecule has 0 fully saturated rings. The number of carbonyl (C=O) groups excluding carboxylic acids is 2. The molecule has 0 spiro atoms. The topological polar surface area (TPSA) is 87.5 Å². The molecule has 1 atom stereocenters. The van der Waals surface area contributed by atoms with Crippen molar-refractivity contribution in [2.24, 2.45) is 0 Å². The maximum atomic E-state index is 13.3. The van der Waals surface area contributed by atoms with Crippen LogP contribution in [0.3, 0.4) is 0 Å². The Morgan fingerprint density at radius 3 is 2.52 bits per heavy atom. The summed E-state index contributed by atoms with van der Waals surface area (Å²) < 4.78 is 18.3. The van der Waals surface area contributed by atoms with E-state index in [1.807, 2.05) is 18.2 Å². The molecule has 2 N–H and O–H groups in total. The third-order valence-corrected chi connectivity index (χ3v) is 4.19. The van der Waals surface area contributed by atoms with E-state index in [2.05, 4.69) is 15.8 Å². The summed E-state index contributed by atoms with van der Waals surface area (Å²) in [7, 11) is 1.66. The second-order valence-electron chi connectivity index (χ2n) is 6.60. The average Bonchev–Trinajstić information content (AvgIpc) is 3.07. The van der Waals surface area contributed by atoms with E-state index in [0.717, 1.165) is 0 Å². The molecule has 0 bridgehead atoms. The highest BCUT2D eigenvalue weighted by atomic mass is 19.1. The van der Waals surface area contributed by atoms with Gasteiger partial charge >= 0.3 is 0 Å². The second kappa shape index (κ2) is 9.11. The summed E-state index contributed by atoms with van der Waals surface area (Å²) in [5, 5.41) is 9.11. The highest BCUT2D eigenvalue weighted by molar-refractivity contribution is 5.96. The molecule has 0 saturated carbocycles. The van der Waals surface area contributed by atoms with Gasteiger partial charge in [-0.05, 0) is 37.7 Å². The van der Waals surface area contributed by atoms with Crippen molar-refractivity contribution in [2.75, 3.05) is 24.2 Å². The van der Waals surface area contributed by atoms with Crippen molar-refractivity contribution >= 4 is 23.3 Å². The first kappa shape index (κ1) is 20.2. The molecule has 0 aliphatic carbocycles. The minimum Gasteiger partial charge on any atom is -0.360 e. The summed E-state index contributed by atoms with van der Waals surface area (Å²) in [5.74, 6) is -0.305. The van der Waals surface area contributed by atoms with Crippen molar-refractivity contribution in [3.8, 4) is 0 Å². The molecule has 29 heavy (non-hydrogen) atoms.